The zero-order valence-corrected chi connectivity index (χ0v) is 32.3. The van der Waals surface area contributed by atoms with Crippen LogP contribution in [0.15, 0.2) is 103 Å². The first-order chi connectivity index (χ1) is 27.9. The van der Waals surface area contributed by atoms with Crippen molar-refractivity contribution in [2.45, 2.75) is 88.9 Å². The molecule has 57 heavy (non-hydrogen) atoms. The fourth-order valence-corrected chi connectivity index (χ4v) is 8.63. The van der Waals surface area contributed by atoms with E-state index in [0.717, 1.165) is 65.0 Å². The molecule has 8 rings (SSSR count). The number of amides is 3. The van der Waals surface area contributed by atoms with E-state index >= 15 is 0 Å². The average molecular weight is 773 g/mol. The summed E-state index contributed by atoms with van der Waals surface area (Å²) in [6.45, 7) is 5.68. The van der Waals surface area contributed by atoms with E-state index in [4.69, 9.17) is 14.2 Å². The van der Waals surface area contributed by atoms with Crippen molar-refractivity contribution in [1.82, 2.24) is 20.0 Å². The molecule has 4 saturated heterocycles. The van der Waals surface area contributed by atoms with Gasteiger partial charge in [-0.1, -0.05) is 97.1 Å². The second kappa shape index (κ2) is 18.1. The molecule has 0 spiro atoms. The minimum Gasteiger partial charge on any atom is -0.445 e. The Hall–Kier alpha value is -4.91. The van der Waals surface area contributed by atoms with Gasteiger partial charge in [-0.25, -0.2) is 4.79 Å². The Balaban J connectivity index is 0.918. The van der Waals surface area contributed by atoms with Crippen LogP contribution >= 0.6 is 0 Å². The Morgan fingerprint density at radius 2 is 1.53 bits per heavy atom. The van der Waals surface area contributed by atoms with Crippen LogP contribution in [0.1, 0.15) is 78.7 Å². The fourth-order valence-electron chi connectivity index (χ4n) is 8.63. The third-order valence-corrected chi connectivity index (χ3v) is 11.8. The van der Waals surface area contributed by atoms with Crippen molar-refractivity contribution >= 4 is 17.9 Å². The third kappa shape index (κ3) is 9.63. The van der Waals surface area contributed by atoms with Gasteiger partial charge in [0.05, 0.1) is 31.8 Å². The number of likely N-dealkylation sites (tertiary alicyclic amines) is 3. The van der Waals surface area contributed by atoms with Crippen molar-refractivity contribution in [3.8, 4) is 11.1 Å². The van der Waals surface area contributed by atoms with Crippen molar-refractivity contribution in [2.24, 2.45) is 0 Å². The minimum absolute atomic E-state index is 0.00312. The number of nitrogens with one attached hydrogen (secondary N) is 1. The van der Waals surface area contributed by atoms with E-state index < -0.39 is 24.3 Å². The van der Waals surface area contributed by atoms with Gasteiger partial charge >= 0.3 is 6.09 Å². The Morgan fingerprint density at radius 3 is 2.30 bits per heavy atom. The van der Waals surface area contributed by atoms with Gasteiger partial charge in [0.15, 0.2) is 6.29 Å². The number of benzene rings is 4. The number of nitrogens with zero attached hydrogens (tertiary/aromatic N) is 3. The molecule has 4 heterocycles. The number of ether oxygens (including phenoxy) is 3. The smallest absolute Gasteiger partial charge is 0.408 e. The molecule has 4 aromatic rings. The van der Waals surface area contributed by atoms with Crippen LogP contribution in [0.25, 0.3) is 11.1 Å². The van der Waals surface area contributed by atoms with Crippen LogP contribution in [0.5, 0.6) is 0 Å². The molecular formula is C46H52N4O7. The van der Waals surface area contributed by atoms with E-state index in [2.05, 4.69) is 39.4 Å². The van der Waals surface area contributed by atoms with Crippen LogP contribution in [0.4, 0.5) is 4.79 Å². The molecule has 5 atom stereocenters. The Kier molecular flexibility index (Phi) is 12.4. The summed E-state index contributed by atoms with van der Waals surface area (Å²) in [7, 11) is 0. The second-order valence-electron chi connectivity index (χ2n) is 15.8. The number of carbonyl (C=O) groups is 3. The number of imide groups is 1. The molecule has 4 aliphatic rings. The fraction of sp³-hybridized carbons (Fsp3) is 0.413. The van der Waals surface area contributed by atoms with Crippen LogP contribution < -0.4 is 5.32 Å². The summed E-state index contributed by atoms with van der Waals surface area (Å²) in [6, 6.07) is 32.9. The van der Waals surface area contributed by atoms with E-state index in [1.165, 1.54) is 43.7 Å². The molecular weight excluding hydrogens is 721 g/mol. The molecule has 0 aliphatic carbocycles. The van der Waals surface area contributed by atoms with Crippen LogP contribution in [-0.4, -0.2) is 88.6 Å². The standard InChI is InChI=1S/C46H52N4O7/c51-30-32-13-15-36(16-14-32)42-25-40(29-49-23-7-12-39(49)28-48-21-4-5-22-48)56-45(57-42)37-19-17-35(18-20-37)38-11-6-10-34(24-38)27-50-43(52)26-41(44(50)53)47-46(54)55-31-33-8-2-1-3-9-33/h1-3,6,8-11,13-20,24,39-42,45,51H,4-5,7,12,21-23,25-31H2,(H,47,54)/t39-,40-,41?,42+,45+/m0/s1. The zero-order chi connectivity index (χ0) is 39.1. The lowest BCUT2D eigenvalue weighted by Gasteiger charge is -2.39. The highest BCUT2D eigenvalue weighted by atomic mass is 16.7. The summed E-state index contributed by atoms with van der Waals surface area (Å²) in [4.78, 5) is 45.0. The van der Waals surface area contributed by atoms with Gasteiger partial charge in [0.2, 0.25) is 5.91 Å². The summed E-state index contributed by atoms with van der Waals surface area (Å²) >= 11 is 0. The van der Waals surface area contributed by atoms with Gasteiger partial charge in [0.1, 0.15) is 12.6 Å². The monoisotopic (exact) mass is 772 g/mol. The molecule has 11 heteroatoms. The summed E-state index contributed by atoms with van der Waals surface area (Å²) in [6.07, 6.45) is 4.25. The summed E-state index contributed by atoms with van der Waals surface area (Å²) in [5.41, 5.74) is 6.43. The van der Waals surface area contributed by atoms with E-state index in [1.807, 2.05) is 78.9 Å². The van der Waals surface area contributed by atoms with Crippen LogP contribution in [-0.2, 0) is 43.6 Å². The first-order valence-corrected chi connectivity index (χ1v) is 20.4. The number of hydrogen-bond acceptors (Lipinski definition) is 9. The highest BCUT2D eigenvalue weighted by molar-refractivity contribution is 6.06. The van der Waals surface area contributed by atoms with Gasteiger partial charge < -0.3 is 29.5 Å². The van der Waals surface area contributed by atoms with E-state index in [0.29, 0.717) is 6.04 Å². The van der Waals surface area contributed by atoms with Crippen molar-refractivity contribution in [3.05, 3.63) is 131 Å². The van der Waals surface area contributed by atoms with Gasteiger partial charge in [-0.2, -0.15) is 0 Å². The maximum Gasteiger partial charge on any atom is 0.408 e. The maximum absolute atomic E-state index is 13.2. The highest BCUT2D eigenvalue weighted by Crippen LogP contribution is 2.39. The van der Waals surface area contributed by atoms with Crippen molar-refractivity contribution in [3.63, 3.8) is 0 Å². The molecule has 11 nitrogen and oxygen atoms in total. The number of alkyl carbamates (subject to hydrolysis) is 1. The molecule has 4 fully saturated rings. The first kappa shape index (κ1) is 38.9. The minimum atomic E-state index is -0.966. The molecule has 0 radical (unpaired) electrons. The van der Waals surface area contributed by atoms with Crippen molar-refractivity contribution in [2.75, 3.05) is 32.7 Å². The highest BCUT2D eigenvalue weighted by Gasteiger charge is 2.40. The summed E-state index contributed by atoms with van der Waals surface area (Å²) in [5, 5.41) is 12.2. The van der Waals surface area contributed by atoms with Crippen LogP contribution in [0, 0.1) is 0 Å². The zero-order valence-electron chi connectivity index (χ0n) is 32.3. The normalized spacial score (nSPS) is 24.3. The molecule has 0 aromatic heterocycles. The predicted molar refractivity (Wildman–Crippen MR) is 214 cm³/mol. The average Bonchev–Trinajstić information content (AvgIpc) is 3.99. The second-order valence-corrected chi connectivity index (χ2v) is 15.8. The number of hydrogen-bond donors (Lipinski definition) is 2. The number of aliphatic hydroxyl groups excluding tert-OH is 1. The molecule has 0 bridgehead atoms. The predicted octanol–water partition coefficient (Wildman–Crippen LogP) is 6.51. The number of carbonyl (C=O) groups excluding carboxylic acids is 3. The van der Waals surface area contributed by atoms with E-state index in [1.54, 1.807) is 0 Å². The molecule has 1 unspecified atom stereocenters. The van der Waals surface area contributed by atoms with Gasteiger partial charge in [-0.15, -0.1) is 0 Å². The van der Waals surface area contributed by atoms with Gasteiger partial charge in [-0.3, -0.25) is 19.4 Å². The van der Waals surface area contributed by atoms with E-state index in [-0.39, 0.29) is 44.3 Å². The molecule has 0 saturated carbocycles. The summed E-state index contributed by atoms with van der Waals surface area (Å²) < 4.78 is 18.7. The van der Waals surface area contributed by atoms with Gasteiger partial charge in [-0.05, 0) is 84.8 Å². The Labute approximate surface area is 334 Å². The quantitative estimate of drug-likeness (QED) is 0.147. The lowest BCUT2D eigenvalue weighted by Crippen LogP contribution is -2.45. The Bertz CT molecular complexity index is 1990. The number of rotatable bonds is 13. The topological polar surface area (TPSA) is 121 Å². The largest absolute Gasteiger partial charge is 0.445 e. The van der Waals surface area contributed by atoms with Gasteiger partial charge in [0.25, 0.3) is 5.91 Å². The molecule has 4 aromatic carbocycles. The third-order valence-electron chi connectivity index (χ3n) is 11.8. The van der Waals surface area contributed by atoms with Crippen molar-refractivity contribution in [1.29, 1.82) is 0 Å². The SMILES string of the molecule is O=C(NC1CC(=O)N(Cc2cccc(-c3ccc([C@@H]4O[C@H](CN5CCC[C@H]5CN5CCCC5)C[C@H](c5ccc(CO)cc5)O4)cc3)c2)C1=O)OCc1ccccc1. The lowest BCUT2D eigenvalue weighted by molar-refractivity contribution is -0.253. The van der Waals surface area contributed by atoms with Crippen LogP contribution in [0.3, 0.4) is 0 Å². The molecule has 2 N–H and O–H groups in total. The Morgan fingerprint density at radius 1 is 0.772 bits per heavy atom. The van der Waals surface area contributed by atoms with Crippen LogP contribution in [0.2, 0.25) is 0 Å². The van der Waals surface area contributed by atoms with E-state index in [9.17, 15) is 19.5 Å². The summed E-state index contributed by atoms with van der Waals surface area (Å²) in [5.74, 6) is -0.796. The molecule has 3 amide bonds. The van der Waals surface area contributed by atoms with Gasteiger partial charge in [0, 0.05) is 31.1 Å². The first-order valence-electron chi connectivity index (χ1n) is 20.4. The lowest BCUT2D eigenvalue weighted by atomic mass is 9.98. The molecule has 298 valence electrons. The molecule has 4 aliphatic heterocycles. The maximum atomic E-state index is 13.2. The number of aliphatic hydroxyl groups is 1. The van der Waals surface area contributed by atoms with Crippen molar-refractivity contribution < 1.29 is 33.7 Å².